The minimum Gasteiger partial charge on any atom is -0.507 e. The van der Waals surface area contributed by atoms with Crippen molar-refractivity contribution in [2.24, 2.45) is 0 Å². The molecule has 1 aromatic heterocycles. The number of nitrogens with zero attached hydrogens (tertiary/aromatic N) is 1. The lowest BCUT2D eigenvalue weighted by Gasteiger charge is -2.14. The van der Waals surface area contributed by atoms with Gasteiger partial charge in [0.15, 0.2) is 0 Å². The molecule has 11 heteroatoms. The van der Waals surface area contributed by atoms with Crippen LogP contribution in [0.4, 0.5) is 26.4 Å². The van der Waals surface area contributed by atoms with E-state index in [2.05, 4.69) is 20.9 Å². The van der Waals surface area contributed by atoms with Gasteiger partial charge >= 0.3 is 0 Å². The second kappa shape index (κ2) is 10.2. The van der Waals surface area contributed by atoms with E-state index < -0.39 is 12.7 Å². The Bertz CT molecular complexity index is 1260. The minimum absolute atomic E-state index is 0.00482. The molecule has 4 rings (SSSR count). The van der Waals surface area contributed by atoms with Gasteiger partial charge in [-0.15, -0.1) is 0 Å². The van der Waals surface area contributed by atoms with E-state index in [0.29, 0.717) is 44.5 Å². The Balaban J connectivity index is 1.50. The summed E-state index contributed by atoms with van der Waals surface area (Å²) in [5, 5.41) is 19.0. The van der Waals surface area contributed by atoms with Crippen molar-refractivity contribution in [2.45, 2.75) is 19.3 Å². The third kappa shape index (κ3) is 5.35. The molecule has 0 spiro atoms. The Morgan fingerprint density at radius 2 is 2.06 bits per heavy atom. The van der Waals surface area contributed by atoms with Crippen molar-refractivity contribution in [1.29, 1.82) is 0 Å². The number of carbonyl (C=O) groups is 2. The van der Waals surface area contributed by atoms with E-state index in [1.54, 1.807) is 42.5 Å². The molecule has 2 aromatic carbocycles. The highest BCUT2D eigenvalue weighted by molar-refractivity contribution is 8.14. The maximum Gasteiger partial charge on any atom is 0.279 e. The van der Waals surface area contributed by atoms with Crippen LogP contribution in [-0.2, 0) is 18.0 Å². The number of nitrogen functional groups attached to an aromatic ring is 1. The second-order valence-corrected chi connectivity index (χ2v) is 8.98. The minimum atomic E-state index is -0.685. The highest BCUT2D eigenvalue weighted by Crippen LogP contribution is 2.33. The first kappa shape index (κ1) is 23.7. The Kier molecular flexibility index (Phi) is 7.09. The summed E-state index contributed by atoms with van der Waals surface area (Å²) in [5.41, 5.74) is 9.11. The number of anilines is 3. The van der Waals surface area contributed by atoms with Gasteiger partial charge in [0.25, 0.3) is 5.24 Å². The van der Waals surface area contributed by atoms with E-state index in [0.717, 1.165) is 11.8 Å². The first-order valence-corrected chi connectivity index (χ1v) is 11.6. The molecule has 0 aliphatic carbocycles. The van der Waals surface area contributed by atoms with Gasteiger partial charge in [0.05, 0.1) is 5.69 Å². The molecule has 34 heavy (non-hydrogen) atoms. The van der Waals surface area contributed by atoms with E-state index in [1.165, 1.54) is 6.07 Å². The SMILES string of the molecule is Nc1nc(-c2cc(Nc3ccc(Cl)cc3CF)ccc2O)ccc1CNC(=O)C1CSC(=O)N1. The van der Waals surface area contributed by atoms with Crippen molar-refractivity contribution in [3.8, 4) is 17.0 Å². The zero-order valence-electron chi connectivity index (χ0n) is 17.8. The van der Waals surface area contributed by atoms with Gasteiger partial charge in [0.2, 0.25) is 5.91 Å². The Labute approximate surface area is 204 Å². The van der Waals surface area contributed by atoms with Gasteiger partial charge in [-0.1, -0.05) is 29.4 Å². The summed E-state index contributed by atoms with van der Waals surface area (Å²) in [6.45, 7) is -0.541. The lowest BCUT2D eigenvalue weighted by Crippen LogP contribution is -2.42. The molecule has 0 saturated carbocycles. The first-order chi connectivity index (χ1) is 16.3. The Hall–Kier alpha value is -3.50. The molecule has 8 nitrogen and oxygen atoms in total. The number of alkyl halides is 1. The molecule has 2 heterocycles. The molecule has 1 aliphatic rings. The fraction of sp³-hybridized carbons (Fsp3) is 0.174. The average molecular weight is 502 g/mol. The summed E-state index contributed by atoms with van der Waals surface area (Å²) in [6.07, 6.45) is 0. The van der Waals surface area contributed by atoms with Crippen LogP contribution in [0.1, 0.15) is 11.1 Å². The number of hydrogen-bond acceptors (Lipinski definition) is 7. The number of thioether (sulfide) groups is 1. The van der Waals surface area contributed by atoms with E-state index in [4.69, 9.17) is 17.3 Å². The molecule has 176 valence electrons. The molecule has 1 atom stereocenters. The van der Waals surface area contributed by atoms with Gasteiger partial charge in [-0.25, -0.2) is 9.37 Å². The summed E-state index contributed by atoms with van der Waals surface area (Å²) in [5.74, 6) is 0.268. The molecular formula is C23H21ClFN5O3S. The number of phenols is 1. The molecule has 0 bridgehead atoms. The van der Waals surface area contributed by atoms with Crippen molar-refractivity contribution in [3.63, 3.8) is 0 Å². The molecular weight excluding hydrogens is 481 g/mol. The highest BCUT2D eigenvalue weighted by Gasteiger charge is 2.27. The maximum absolute atomic E-state index is 13.4. The van der Waals surface area contributed by atoms with Crippen molar-refractivity contribution in [3.05, 3.63) is 64.7 Å². The van der Waals surface area contributed by atoms with Crippen LogP contribution >= 0.6 is 23.4 Å². The molecule has 0 radical (unpaired) electrons. The van der Waals surface area contributed by atoms with Crippen LogP contribution in [0.3, 0.4) is 0 Å². The lowest BCUT2D eigenvalue weighted by molar-refractivity contribution is -0.122. The number of nitrogens with two attached hydrogens (primary N) is 1. The van der Waals surface area contributed by atoms with Crippen LogP contribution in [0.5, 0.6) is 5.75 Å². The fourth-order valence-electron chi connectivity index (χ4n) is 3.40. The maximum atomic E-state index is 13.4. The lowest BCUT2D eigenvalue weighted by atomic mass is 10.1. The topological polar surface area (TPSA) is 129 Å². The van der Waals surface area contributed by atoms with Crippen molar-refractivity contribution in [2.75, 3.05) is 16.8 Å². The van der Waals surface area contributed by atoms with Crippen LogP contribution in [0, 0.1) is 0 Å². The quantitative estimate of drug-likeness (QED) is 0.304. The second-order valence-electron chi connectivity index (χ2n) is 7.55. The number of rotatable bonds is 7. The largest absolute Gasteiger partial charge is 0.507 e. The van der Waals surface area contributed by atoms with Crippen LogP contribution in [0.25, 0.3) is 11.3 Å². The van der Waals surface area contributed by atoms with Crippen LogP contribution in [0.2, 0.25) is 5.02 Å². The third-order valence-corrected chi connectivity index (χ3v) is 6.33. The molecule has 3 aromatic rings. The van der Waals surface area contributed by atoms with Crippen LogP contribution in [-0.4, -0.2) is 33.0 Å². The van der Waals surface area contributed by atoms with E-state index in [-0.39, 0.29) is 29.3 Å². The molecule has 1 aliphatic heterocycles. The number of phenolic OH excluding ortho intramolecular Hbond substituents is 1. The number of nitrogens with one attached hydrogen (secondary N) is 3. The number of halogens is 2. The standard InChI is InChI=1S/C23H21ClFN5O3S/c24-14-2-5-17(13(7-14)9-25)28-15-3-6-20(31)16(8-15)18-4-1-12(21(26)29-18)10-27-22(32)19-11-34-23(33)30-19/h1-8,19,28,31H,9-11H2,(H2,26,29)(H,27,32)(H,30,33). The number of amides is 2. The smallest absolute Gasteiger partial charge is 0.279 e. The van der Waals surface area contributed by atoms with E-state index in [1.807, 2.05) is 0 Å². The summed E-state index contributed by atoms with van der Waals surface area (Å²) < 4.78 is 13.4. The predicted octanol–water partition coefficient (Wildman–Crippen LogP) is 4.34. The predicted molar refractivity (Wildman–Crippen MR) is 132 cm³/mol. The number of aromatic hydroxyl groups is 1. The van der Waals surface area contributed by atoms with Crippen molar-refractivity contribution >= 4 is 51.7 Å². The van der Waals surface area contributed by atoms with Crippen molar-refractivity contribution < 1.29 is 19.1 Å². The number of benzene rings is 2. The summed E-state index contributed by atoms with van der Waals surface area (Å²) >= 11 is 7.00. The third-order valence-electron chi connectivity index (χ3n) is 5.22. The van der Waals surface area contributed by atoms with Gasteiger partial charge in [0, 0.05) is 45.4 Å². The van der Waals surface area contributed by atoms with Crippen LogP contribution < -0.4 is 21.7 Å². The fourth-order valence-corrected chi connectivity index (χ4v) is 4.38. The van der Waals surface area contributed by atoms with Gasteiger partial charge in [-0.3, -0.25) is 9.59 Å². The number of aromatic nitrogens is 1. The number of pyridine rings is 1. The Morgan fingerprint density at radius 3 is 2.76 bits per heavy atom. The van der Waals surface area contributed by atoms with Gasteiger partial charge in [-0.05, 0) is 42.5 Å². The molecule has 6 N–H and O–H groups in total. The zero-order chi connectivity index (χ0) is 24.2. The first-order valence-electron chi connectivity index (χ1n) is 10.2. The van der Waals surface area contributed by atoms with Gasteiger partial charge < -0.3 is 26.8 Å². The summed E-state index contributed by atoms with van der Waals surface area (Å²) in [6, 6.07) is 12.5. The zero-order valence-corrected chi connectivity index (χ0v) is 19.3. The molecule has 1 saturated heterocycles. The normalized spacial score (nSPS) is 15.1. The van der Waals surface area contributed by atoms with Crippen LogP contribution in [0.15, 0.2) is 48.5 Å². The van der Waals surface area contributed by atoms with Gasteiger partial charge in [-0.2, -0.15) is 0 Å². The van der Waals surface area contributed by atoms with E-state index >= 15 is 0 Å². The summed E-state index contributed by atoms with van der Waals surface area (Å²) in [7, 11) is 0. The monoisotopic (exact) mass is 501 g/mol. The molecule has 2 amide bonds. The number of hydrogen-bond donors (Lipinski definition) is 5. The molecule has 1 fully saturated rings. The molecule has 1 unspecified atom stereocenters. The highest BCUT2D eigenvalue weighted by atomic mass is 35.5. The Morgan fingerprint density at radius 1 is 1.24 bits per heavy atom. The summed E-state index contributed by atoms with van der Waals surface area (Å²) in [4.78, 5) is 27.8. The van der Waals surface area contributed by atoms with E-state index in [9.17, 15) is 19.1 Å². The number of carbonyl (C=O) groups excluding carboxylic acids is 2. The van der Waals surface area contributed by atoms with Gasteiger partial charge in [0.1, 0.15) is 24.3 Å². The van der Waals surface area contributed by atoms with Crippen molar-refractivity contribution in [1.82, 2.24) is 15.6 Å². The average Bonchev–Trinajstić information content (AvgIpc) is 3.26.